The van der Waals surface area contributed by atoms with Crippen LogP contribution in [0.1, 0.15) is 5.56 Å². The lowest BCUT2D eigenvalue weighted by molar-refractivity contribution is 0.180. The van der Waals surface area contributed by atoms with Crippen LogP contribution in [0.5, 0.6) is 11.5 Å². The normalized spacial score (nSPS) is 16.3. The van der Waals surface area contributed by atoms with Crippen molar-refractivity contribution in [2.75, 3.05) is 40.4 Å². The molecule has 2 aromatic carbocycles. The van der Waals surface area contributed by atoms with E-state index >= 15 is 0 Å². The van der Waals surface area contributed by atoms with E-state index in [4.69, 9.17) is 21.1 Å². The van der Waals surface area contributed by atoms with Crippen LogP contribution in [0.4, 0.5) is 0 Å². The van der Waals surface area contributed by atoms with Crippen molar-refractivity contribution >= 4 is 21.6 Å². The van der Waals surface area contributed by atoms with Crippen molar-refractivity contribution < 1.29 is 17.9 Å². The highest BCUT2D eigenvalue weighted by Crippen LogP contribution is 2.25. The molecule has 27 heavy (non-hydrogen) atoms. The van der Waals surface area contributed by atoms with Gasteiger partial charge in [-0.05, 0) is 42.5 Å². The first kappa shape index (κ1) is 19.9. The first-order valence-corrected chi connectivity index (χ1v) is 10.4. The average molecular weight is 411 g/mol. The van der Waals surface area contributed by atoms with Gasteiger partial charge in [0.15, 0.2) is 0 Å². The number of ether oxygens (including phenoxy) is 2. The largest absolute Gasteiger partial charge is 0.497 e. The Morgan fingerprint density at radius 2 is 1.63 bits per heavy atom. The maximum atomic E-state index is 12.8. The zero-order chi connectivity index (χ0) is 19.4. The Morgan fingerprint density at radius 1 is 0.963 bits per heavy atom. The van der Waals surface area contributed by atoms with Crippen molar-refractivity contribution in [2.24, 2.45) is 0 Å². The van der Waals surface area contributed by atoms with Gasteiger partial charge in [0.1, 0.15) is 11.5 Å². The monoisotopic (exact) mass is 410 g/mol. The Morgan fingerprint density at radius 3 is 2.22 bits per heavy atom. The Hall–Kier alpha value is -1.80. The highest BCUT2D eigenvalue weighted by molar-refractivity contribution is 7.89. The molecule has 0 N–H and O–H groups in total. The van der Waals surface area contributed by atoms with E-state index in [1.165, 1.54) is 4.31 Å². The minimum Gasteiger partial charge on any atom is -0.497 e. The first-order chi connectivity index (χ1) is 12.9. The van der Waals surface area contributed by atoms with E-state index in [0.717, 1.165) is 11.3 Å². The van der Waals surface area contributed by atoms with Crippen LogP contribution in [-0.2, 0) is 16.6 Å². The summed E-state index contributed by atoms with van der Waals surface area (Å²) in [6.07, 6.45) is 0. The maximum absolute atomic E-state index is 12.8. The SMILES string of the molecule is COc1ccc(S(=O)(=O)N2CCN(Cc3cc(Cl)ccc3OC)CC2)cc1. The summed E-state index contributed by atoms with van der Waals surface area (Å²) in [6, 6.07) is 12.0. The molecule has 0 radical (unpaired) electrons. The van der Waals surface area contributed by atoms with Gasteiger partial charge in [0, 0.05) is 43.3 Å². The number of sulfonamides is 1. The third-order valence-electron chi connectivity index (χ3n) is 4.66. The molecule has 0 atom stereocenters. The van der Waals surface area contributed by atoms with Gasteiger partial charge in [0.2, 0.25) is 10.0 Å². The number of piperazine rings is 1. The predicted molar refractivity (Wildman–Crippen MR) is 105 cm³/mol. The van der Waals surface area contributed by atoms with E-state index in [1.54, 1.807) is 44.6 Å². The molecule has 0 aliphatic carbocycles. The third kappa shape index (κ3) is 4.55. The second-order valence-electron chi connectivity index (χ2n) is 6.31. The van der Waals surface area contributed by atoms with Crippen LogP contribution in [0.25, 0.3) is 0 Å². The number of nitrogens with zero attached hydrogens (tertiary/aromatic N) is 2. The Balaban J connectivity index is 1.65. The molecule has 8 heteroatoms. The molecule has 146 valence electrons. The van der Waals surface area contributed by atoms with Crippen LogP contribution in [0.15, 0.2) is 47.4 Å². The van der Waals surface area contributed by atoms with Crippen LogP contribution in [-0.4, -0.2) is 58.0 Å². The van der Waals surface area contributed by atoms with Gasteiger partial charge in [0.05, 0.1) is 19.1 Å². The molecule has 1 saturated heterocycles. The lowest BCUT2D eigenvalue weighted by Crippen LogP contribution is -2.48. The fourth-order valence-electron chi connectivity index (χ4n) is 3.14. The van der Waals surface area contributed by atoms with Gasteiger partial charge in [-0.3, -0.25) is 4.90 Å². The van der Waals surface area contributed by atoms with Gasteiger partial charge in [-0.15, -0.1) is 0 Å². The van der Waals surface area contributed by atoms with Crippen molar-refractivity contribution in [2.45, 2.75) is 11.4 Å². The minimum absolute atomic E-state index is 0.285. The summed E-state index contributed by atoms with van der Waals surface area (Å²) >= 11 is 6.09. The lowest BCUT2D eigenvalue weighted by atomic mass is 10.1. The number of halogens is 1. The predicted octanol–water partition coefficient (Wildman–Crippen LogP) is 2.86. The number of hydrogen-bond acceptors (Lipinski definition) is 5. The zero-order valence-electron chi connectivity index (χ0n) is 15.4. The number of benzene rings is 2. The van der Waals surface area contributed by atoms with Crippen molar-refractivity contribution in [3.8, 4) is 11.5 Å². The van der Waals surface area contributed by atoms with Crippen molar-refractivity contribution in [1.29, 1.82) is 0 Å². The summed E-state index contributed by atoms with van der Waals surface area (Å²) in [5.41, 5.74) is 0.997. The lowest BCUT2D eigenvalue weighted by Gasteiger charge is -2.34. The van der Waals surface area contributed by atoms with Gasteiger partial charge in [-0.2, -0.15) is 4.31 Å². The van der Waals surface area contributed by atoms with Gasteiger partial charge < -0.3 is 9.47 Å². The first-order valence-electron chi connectivity index (χ1n) is 8.63. The molecule has 1 heterocycles. The molecule has 0 spiro atoms. The Labute approximate surface area is 165 Å². The second-order valence-corrected chi connectivity index (χ2v) is 8.69. The molecule has 1 aliphatic rings. The third-order valence-corrected chi connectivity index (χ3v) is 6.81. The van der Waals surface area contributed by atoms with E-state index in [1.807, 2.05) is 12.1 Å². The smallest absolute Gasteiger partial charge is 0.243 e. The highest BCUT2D eigenvalue weighted by Gasteiger charge is 2.28. The molecule has 1 fully saturated rings. The maximum Gasteiger partial charge on any atom is 0.243 e. The van der Waals surface area contributed by atoms with Gasteiger partial charge in [0.25, 0.3) is 0 Å². The zero-order valence-corrected chi connectivity index (χ0v) is 17.0. The topological polar surface area (TPSA) is 59.1 Å². The Kier molecular flexibility index (Phi) is 6.26. The van der Waals surface area contributed by atoms with E-state index in [2.05, 4.69) is 4.90 Å². The quantitative estimate of drug-likeness (QED) is 0.732. The van der Waals surface area contributed by atoms with Gasteiger partial charge >= 0.3 is 0 Å². The van der Waals surface area contributed by atoms with E-state index < -0.39 is 10.0 Å². The van der Waals surface area contributed by atoms with Crippen LogP contribution in [0.2, 0.25) is 5.02 Å². The molecular formula is C19H23ClN2O4S. The van der Waals surface area contributed by atoms with Gasteiger partial charge in [-0.25, -0.2) is 8.42 Å². The summed E-state index contributed by atoms with van der Waals surface area (Å²) in [6.45, 7) is 2.84. The summed E-state index contributed by atoms with van der Waals surface area (Å²) in [5, 5.41) is 0.659. The number of methoxy groups -OCH3 is 2. The number of rotatable bonds is 6. The molecule has 0 saturated carbocycles. The molecule has 2 aromatic rings. The van der Waals surface area contributed by atoms with Crippen LogP contribution >= 0.6 is 11.6 Å². The summed E-state index contributed by atoms with van der Waals surface area (Å²) in [4.78, 5) is 2.49. The van der Waals surface area contributed by atoms with E-state index in [0.29, 0.717) is 43.5 Å². The van der Waals surface area contributed by atoms with Gasteiger partial charge in [-0.1, -0.05) is 11.6 Å². The highest BCUT2D eigenvalue weighted by atomic mass is 35.5. The molecule has 0 aromatic heterocycles. The molecule has 3 rings (SSSR count). The molecule has 0 amide bonds. The Bertz CT molecular complexity index is 879. The van der Waals surface area contributed by atoms with Crippen LogP contribution in [0.3, 0.4) is 0 Å². The summed E-state index contributed by atoms with van der Waals surface area (Å²) in [7, 11) is -0.313. The summed E-state index contributed by atoms with van der Waals surface area (Å²) < 4.78 is 37.7. The fourth-order valence-corrected chi connectivity index (χ4v) is 4.75. The minimum atomic E-state index is -3.50. The fraction of sp³-hybridized carbons (Fsp3) is 0.368. The van der Waals surface area contributed by atoms with Crippen molar-refractivity contribution in [3.05, 3.63) is 53.1 Å². The molecular weight excluding hydrogens is 388 g/mol. The summed E-state index contributed by atoms with van der Waals surface area (Å²) in [5.74, 6) is 1.42. The van der Waals surface area contributed by atoms with Crippen molar-refractivity contribution in [3.63, 3.8) is 0 Å². The average Bonchev–Trinajstić information content (AvgIpc) is 2.68. The van der Waals surface area contributed by atoms with E-state index in [9.17, 15) is 8.42 Å². The van der Waals surface area contributed by atoms with E-state index in [-0.39, 0.29) is 4.90 Å². The van der Waals surface area contributed by atoms with Crippen molar-refractivity contribution in [1.82, 2.24) is 9.21 Å². The molecule has 0 unspecified atom stereocenters. The standard InChI is InChI=1S/C19H23ClN2O4S/c1-25-17-4-6-18(7-5-17)27(23,24)22-11-9-21(10-12-22)14-15-13-16(20)3-8-19(15)26-2/h3-8,13H,9-12,14H2,1-2H3. The molecule has 6 nitrogen and oxygen atoms in total. The van der Waals surface area contributed by atoms with Crippen LogP contribution in [0, 0.1) is 0 Å². The molecule has 0 bridgehead atoms. The molecule has 1 aliphatic heterocycles. The van der Waals surface area contributed by atoms with Crippen LogP contribution < -0.4 is 9.47 Å². The second kappa shape index (κ2) is 8.48. The number of hydrogen-bond donors (Lipinski definition) is 0.